The van der Waals surface area contributed by atoms with Crippen LogP contribution in [0, 0.1) is 0 Å². The molecule has 65 heavy (non-hydrogen) atoms. The maximum Gasteiger partial charge on any atom is 0.397 e. The van der Waals surface area contributed by atoms with Crippen molar-refractivity contribution in [2.45, 2.75) is 250 Å². The fourth-order valence-corrected chi connectivity index (χ4v) is 8.35. The third kappa shape index (κ3) is 36.7. The molecule has 4 N–H and O–H groups in total. The van der Waals surface area contributed by atoms with Crippen molar-refractivity contribution in [1.29, 1.82) is 0 Å². The van der Waals surface area contributed by atoms with Crippen molar-refractivity contribution in [1.82, 2.24) is 0 Å². The van der Waals surface area contributed by atoms with E-state index in [0.29, 0.717) is 13.0 Å². The first-order valence-electron chi connectivity index (χ1n) is 25.9. The number of carbonyl (C=O) groups excluding carboxylic acids is 1. The van der Waals surface area contributed by atoms with E-state index in [9.17, 15) is 33.1 Å². The molecule has 0 amide bonds. The Morgan fingerprint density at radius 1 is 0.600 bits per heavy atom. The van der Waals surface area contributed by atoms with Crippen LogP contribution < -0.4 is 0 Å². The molecule has 0 aromatic carbocycles. The third-order valence-electron chi connectivity index (χ3n) is 11.7. The molecular weight excluding hydrogens is 849 g/mol. The SMILES string of the molecule is CC/C=C\C/C=C\C/C=C\C/C=C\CCCCCCCCCCCOCC(COC1OC(CO)C(O)C(OS(=O)(=O)O)C1O)OC(=O)CCCCCCCCCCCCCCCCCC. The molecule has 6 unspecified atom stereocenters. The molecule has 1 heterocycles. The number of carbonyl (C=O) groups is 1. The van der Waals surface area contributed by atoms with Crippen LogP contribution in [0.1, 0.15) is 213 Å². The molecule has 1 saturated heterocycles. The van der Waals surface area contributed by atoms with Crippen molar-refractivity contribution in [2.75, 3.05) is 26.4 Å². The monoisotopic (exact) mass is 943 g/mol. The van der Waals surface area contributed by atoms with Gasteiger partial charge in [0, 0.05) is 13.0 Å². The lowest BCUT2D eigenvalue weighted by Crippen LogP contribution is -2.60. The number of rotatable bonds is 45. The highest BCUT2D eigenvalue weighted by Crippen LogP contribution is 2.26. The maximum absolute atomic E-state index is 12.9. The number of allylic oxidation sites excluding steroid dienone is 8. The van der Waals surface area contributed by atoms with Gasteiger partial charge < -0.3 is 34.3 Å². The van der Waals surface area contributed by atoms with E-state index >= 15 is 0 Å². The Hall–Kier alpha value is -1.94. The average molecular weight is 943 g/mol. The average Bonchev–Trinajstić information content (AvgIpc) is 3.28. The van der Waals surface area contributed by atoms with Crippen LogP contribution in [0.4, 0.5) is 0 Å². The number of hydrogen-bond donors (Lipinski definition) is 4. The number of aliphatic hydroxyl groups is 3. The summed E-state index contributed by atoms with van der Waals surface area (Å²) in [5.74, 6) is -0.399. The van der Waals surface area contributed by atoms with Gasteiger partial charge in [0.2, 0.25) is 0 Å². The molecule has 1 aliphatic rings. The number of ether oxygens (including phenoxy) is 4. The van der Waals surface area contributed by atoms with E-state index in [0.717, 1.165) is 70.6 Å². The second-order valence-corrected chi connectivity index (χ2v) is 18.8. The van der Waals surface area contributed by atoms with Crippen molar-refractivity contribution < 1.29 is 56.2 Å². The zero-order valence-corrected chi connectivity index (χ0v) is 41.6. The van der Waals surface area contributed by atoms with Crippen LogP contribution in [-0.2, 0) is 38.3 Å². The fourth-order valence-electron chi connectivity index (χ4n) is 7.84. The van der Waals surface area contributed by atoms with Gasteiger partial charge in [0.25, 0.3) is 0 Å². The first-order chi connectivity index (χ1) is 31.6. The Morgan fingerprint density at radius 3 is 1.55 bits per heavy atom. The Kier molecular flexibility index (Phi) is 40.7. The highest BCUT2D eigenvalue weighted by molar-refractivity contribution is 7.80. The molecule has 0 saturated carbocycles. The van der Waals surface area contributed by atoms with Gasteiger partial charge in [-0.1, -0.05) is 204 Å². The minimum Gasteiger partial charge on any atom is -0.457 e. The highest BCUT2D eigenvalue weighted by Gasteiger charge is 2.48. The van der Waals surface area contributed by atoms with E-state index in [-0.39, 0.29) is 19.6 Å². The van der Waals surface area contributed by atoms with Gasteiger partial charge in [-0.15, -0.1) is 0 Å². The summed E-state index contributed by atoms with van der Waals surface area (Å²) < 4.78 is 59.3. The summed E-state index contributed by atoms with van der Waals surface area (Å²) in [5.41, 5.74) is 0. The lowest BCUT2D eigenvalue weighted by atomic mass is 9.99. The van der Waals surface area contributed by atoms with Crippen molar-refractivity contribution in [2.24, 2.45) is 0 Å². The largest absolute Gasteiger partial charge is 0.457 e. The molecule has 0 radical (unpaired) electrons. The molecule has 6 atom stereocenters. The lowest BCUT2D eigenvalue weighted by molar-refractivity contribution is -0.301. The zero-order chi connectivity index (χ0) is 47.5. The summed E-state index contributed by atoms with van der Waals surface area (Å²) in [4.78, 5) is 12.9. The van der Waals surface area contributed by atoms with E-state index in [4.69, 9.17) is 18.9 Å². The molecule has 0 bridgehead atoms. The molecule has 12 nitrogen and oxygen atoms in total. The number of aliphatic hydroxyl groups excluding tert-OH is 3. The predicted octanol–water partition coefficient (Wildman–Crippen LogP) is 11.9. The van der Waals surface area contributed by atoms with Gasteiger partial charge >= 0.3 is 16.4 Å². The van der Waals surface area contributed by atoms with Crippen LogP contribution >= 0.6 is 0 Å². The van der Waals surface area contributed by atoms with Crippen molar-refractivity contribution in [3.05, 3.63) is 48.6 Å². The van der Waals surface area contributed by atoms with Crippen LogP contribution in [0.5, 0.6) is 0 Å². The molecule has 0 aromatic heterocycles. The van der Waals surface area contributed by atoms with Crippen LogP contribution in [0.25, 0.3) is 0 Å². The molecule has 13 heteroatoms. The summed E-state index contributed by atoms with van der Waals surface area (Å²) in [6.07, 6.45) is 44.2. The molecule has 1 aliphatic heterocycles. The smallest absolute Gasteiger partial charge is 0.397 e. The summed E-state index contributed by atoms with van der Waals surface area (Å²) >= 11 is 0. The second kappa shape index (κ2) is 43.3. The maximum atomic E-state index is 12.9. The fraction of sp³-hybridized carbons (Fsp3) is 0.827. The van der Waals surface area contributed by atoms with Gasteiger partial charge in [0.05, 0.1) is 19.8 Å². The van der Waals surface area contributed by atoms with Crippen LogP contribution in [0.3, 0.4) is 0 Å². The van der Waals surface area contributed by atoms with Crippen LogP contribution in [-0.4, -0.2) is 97.5 Å². The van der Waals surface area contributed by atoms with E-state index in [2.05, 4.69) is 66.6 Å². The Labute approximate surface area is 396 Å². The Bertz CT molecular complexity index is 1320. The second-order valence-electron chi connectivity index (χ2n) is 17.7. The predicted molar refractivity (Wildman–Crippen MR) is 262 cm³/mol. The Morgan fingerprint density at radius 2 is 1.06 bits per heavy atom. The summed E-state index contributed by atoms with van der Waals surface area (Å²) in [6.45, 7) is 3.89. The van der Waals surface area contributed by atoms with Gasteiger partial charge in [0.15, 0.2) is 6.29 Å². The zero-order valence-electron chi connectivity index (χ0n) is 40.8. The lowest BCUT2D eigenvalue weighted by Gasteiger charge is -2.41. The van der Waals surface area contributed by atoms with Crippen LogP contribution in [0.2, 0.25) is 0 Å². The van der Waals surface area contributed by atoms with E-state index in [1.54, 1.807) is 0 Å². The molecule has 0 aromatic rings. The van der Waals surface area contributed by atoms with Gasteiger partial charge in [-0.2, -0.15) is 8.42 Å². The van der Waals surface area contributed by atoms with E-state index in [1.807, 2.05) is 0 Å². The first kappa shape index (κ1) is 61.1. The van der Waals surface area contributed by atoms with Gasteiger partial charge in [0.1, 0.15) is 30.5 Å². The molecule has 0 aliphatic carbocycles. The van der Waals surface area contributed by atoms with Crippen LogP contribution in [0.15, 0.2) is 48.6 Å². The minimum atomic E-state index is -5.07. The van der Waals surface area contributed by atoms with Gasteiger partial charge in [-0.25, -0.2) is 4.18 Å². The van der Waals surface area contributed by atoms with Gasteiger partial charge in [-0.05, 0) is 51.4 Å². The van der Waals surface area contributed by atoms with E-state index < -0.39 is 59.8 Å². The summed E-state index contributed by atoms with van der Waals surface area (Å²) in [7, 11) is -5.07. The highest BCUT2D eigenvalue weighted by atomic mass is 32.3. The van der Waals surface area contributed by atoms with Crippen molar-refractivity contribution in [3.63, 3.8) is 0 Å². The molecule has 380 valence electrons. The topological polar surface area (TPSA) is 178 Å². The Balaban J connectivity index is 2.35. The van der Waals surface area contributed by atoms with Crippen molar-refractivity contribution in [3.8, 4) is 0 Å². The standard InChI is InChI=1S/C52H94O12S/c1-3-5-7-9-11-13-15-17-19-21-22-23-24-25-26-28-30-32-34-36-38-40-42-60-44-46(45-61-52-50(56)51(64-65(57,58)59)49(55)47(43-53)63-52)62-48(54)41-39-37-35-33-31-29-27-20-18-16-14-12-10-8-6-4-2/h5,7,11,13,17,19,22-23,46-47,49-53,55-56H,3-4,6,8-10,12,14-16,18,20-21,24-45H2,1-2H3,(H,57,58,59)/b7-5-,13-11-,19-17-,23-22-. The quantitative estimate of drug-likeness (QED) is 0.0197. The van der Waals surface area contributed by atoms with Crippen molar-refractivity contribution >= 4 is 16.4 Å². The third-order valence-corrected chi connectivity index (χ3v) is 12.2. The molecule has 1 rings (SSSR count). The molecular formula is C52H94O12S. The molecule has 1 fully saturated rings. The molecule has 0 spiro atoms. The van der Waals surface area contributed by atoms with E-state index in [1.165, 1.54) is 116 Å². The number of unbranched alkanes of at least 4 members (excludes halogenated alkanes) is 24. The number of esters is 1. The first-order valence-corrected chi connectivity index (χ1v) is 27.3. The normalized spacial score (nSPS) is 20.0. The summed E-state index contributed by atoms with van der Waals surface area (Å²) in [5, 5.41) is 30.8. The van der Waals surface area contributed by atoms with Gasteiger partial charge in [-0.3, -0.25) is 9.35 Å². The summed E-state index contributed by atoms with van der Waals surface area (Å²) in [6, 6.07) is 0. The minimum absolute atomic E-state index is 0.0332. The number of hydrogen-bond acceptors (Lipinski definition) is 11.